The monoisotopic (exact) mass is 462 g/mol. The van der Waals surface area contributed by atoms with Gasteiger partial charge in [-0.3, -0.25) is 14.4 Å². The number of ketones is 1. The summed E-state index contributed by atoms with van der Waals surface area (Å²) in [6.45, 7) is 8.49. The lowest BCUT2D eigenvalue weighted by Crippen LogP contribution is -2.60. The lowest BCUT2D eigenvalue weighted by molar-refractivity contribution is -0.157. The van der Waals surface area contributed by atoms with Crippen molar-refractivity contribution in [1.82, 2.24) is 10.2 Å². The van der Waals surface area contributed by atoms with Crippen molar-refractivity contribution in [3.05, 3.63) is 34.9 Å². The Bertz CT molecular complexity index is 867. The first-order valence-electron chi connectivity index (χ1n) is 11.5. The molecule has 1 saturated carbocycles. The molecule has 1 heterocycles. The summed E-state index contributed by atoms with van der Waals surface area (Å²) in [6.07, 6.45) is 2.59. The minimum atomic E-state index is -1.09. The zero-order valence-electron chi connectivity index (χ0n) is 19.5. The predicted octanol–water partition coefficient (Wildman–Crippen LogP) is 3.69. The van der Waals surface area contributed by atoms with Crippen molar-refractivity contribution >= 4 is 29.2 Å². The number of amides is 2. The third-order valence-corrected chi connectivity index (χ3v) is 7.42. The van der Waals surface area contributed by atoms with Gasteiger partial charge in [-0.05, 0) is 42.9 Å². The van der Waals surface area contributed by atoms with Gasteiger partial charge in [0, 0.05) is 42.3 Å². The molecule has 0 bridgehead atoms. The van der Waals surface area contributed by atoms with E-state index in [1.54, 1.807) is 17.0 Å². The molecule has 1 aromatic carbocycles. The smallest absolute Gasteiger partial charge is 0.245 e. The van der Waals surface area contributed by atoms with Gasteiger partial charge in [-0.25, -0.2) is 0 Å². The zero-order chi connectivity index (χ0) is 23.7. The summed E-state index contributed by atoms with van der Waals surface area (Å²) in [6, 6.07) is 6.55. The summed E-state index contributed by atoms with van der Waals surface area (Å²) >= 11 is 6.01. The van der Waals surface area contributed by atoms with Crippen LogP contribution in [0.1, 0.15) is 65.4 Å². The van der Waals surface area contributed by atoms with Crippen LogP contribution in [0.3, 0.4) is 0 Å². The van der Waals surface area contributed by atoms with E-state index in [1.165, 1.54) is 0 Å². The van der Waals surface area contributed by atoms with E-state index in [0.717, 1.165) is 12.0 Å². The molecule has 0 aromatic heterocycles. The van der Waals surface area contributed by atoms with Gasteiger partial charge in [0.2, 0.25) is 11.8 Å². The molecule has 2 aliphatic rings. The van der Waals surface area contributed by atoms with E-state index in [2.05, 4.69) is 5.32 Å². The van der Waals surface area contributed by atoms with Gasteiger partial charge >= 0.3 is 0 Å². The molecule has 3 rings (SSSR count). The number of carbonyl (C=O) groups excluding carboxylic acids is 3. The summed E-state index contributed by atoms with van der Waals surface area (Å²) in [5.74, 6) is -0.673. The van der Waals surface area contributed by atoms with Crippen LogP contribution >= 0.6 is 11.6 Å². The van der Waals surface area contributed by atoms with Gasteiger partial charge in [0.15, 0.2) is 0 Å². The van der Waals surface area contributed by atoms with Gasteiger partial charge < -0.3 is 15.3 Å². The van der Waals surface area contributed by atoms with Crippen molar-refractivity contribution in [2.45, 2.75) is 71.4 Å². The molecule has 1 aromatic rings. The van der Waals surface area contributed by atoms with Crippen LogP contribution in [0.25, 0.3) is 0 Å². The summed E-state index contributed by atoms with van der Waals surface area (Å²) in [5.41, 5.74) is -0.904. The molecular formula is C25H35ClN2O4. The molecule has 2 amide bonds. The minimum absolute atomic E-state index is 0.0917. The molecule has 1 aliphatic carbocycles. The number of hydrogen-bond acceptors (Lipinski definition) is 4. The van der Waals surface area contributed by atoms with E-state index < -0.39 is 17.1 Å². The highest BCUT2D eigenvalue weighted by atomic mass is 35.5. The first kappa shape index (κ1) is 24.7. The standard InChI is InChI=1S/C25H35ClN2O4/c1-16(2)21(27-22(30)17-6-5-7-20(29)14-17)23(31)28-13-12-25(32,24(3,4)15-28)18-8-10-19(26)11-9-18/h8-11,16-17,21,32H,5-7,12-15H2,1-4H3,(H,27,30)/t17?,21-,25+/m1/s1. The number of piperidine rings is 1. The molecule has 2 fully saturated rings. The third kappa shape index (κ3) is 5.01. The Balaban J connectivity index is 1.72. The maximum Gasteiger partial charge on any atom is 0.245 e. The van der Waals surface area contributed by atoms with Gasteiger partial charge in [0.25, 0.3) is 0 Å². The topological polar surface area (TPSA) is 86.7 Å². The first-order chi connectivity index (χ1) is 14.9. The second kappa shape index (κ2) is 9.52. The van der Waals surface area contributed by atoms with E-state index in [0.29, 0.717) is 37.4 Å². The van der Waals surface area contributed by atoms with Crippen molar-refractivity contribution in [2.75, 3.05) is 13.1 Å². The zero-order valence-corrected chi connectivity index (χ0v) is 20.2. The largest absolute Gasteiger partial charge is 0.384 e. The minimum Gasteiger partial charge on any atom is -0.384 e. The quantitative estimate of drug-likeness (QED) is 0.698. The average molecular weight is 463 g/mol. The number of nitrogens with zero attached hydrogens (tertiary/aromatic N) is 1. The molecule has 7 heteroatoms. The van der Waals surface area contributed by atoms with Gasteiger partial charge in [-0.15, -0.1) is 0 Å². The molecule has 0 spiro atoms. The van der Waals surface area contributed by atoms with Crippen LogP contribution in [0.5, 0.6) is 0 Å². The number of aliphatic hydroxyl groups is 1. The summed E-state index contributed by atoms with van der Waals surface area (Å²) in [7, 11) is 0. The van der Waals surface area contributed by atoms with Crippen LogP contribution < -0.4 is 5.32 Å². The van der Waals surface area contributed by atoms with Crippen LogP contribution in [0.4, 0.5) is 0 Å². The van der Waals surface area contributed by atoms with Crippen LogP contribution in [0.2, 0.25) is 5.02 Å². The van der Waals surface area contributed by atoms with Crippen LogP contribution in [-0.2, 0) is 20.0 Å². The molecule has 1 unspecified atom stereocenters. The molecule has 2 N–H and O–H groups in total. The van der Waals surface area contributed by atoms with Gasteiger partial charge in [0.05, 0.1) is 5.60 Å². The van der Waals surface area contributed by atoms with E-state index >= 15 is 0 Å². The van der Waals surface area contributed by atoms with E-state index in [1.807, 2.05) is 39.8 Å². The lowest BCUT2D eigenvalue weighted by atomic mass is 9.66. The fraction of sp³-hybridized carbons (Fsp3) is 0.640. The van der Waals surface area contributed by atoms with Crippen LogP contribution in [0, 0.1) is 17.3 Å². The van der Waals surface area contributed by atoms with E-state index in [9.17, 15) is 19.5 Å². The van der Waals surface area contributed by atoms with Gasteiger partial charge in [0.1, 0.15) is 11.8 Å². The Morgan fingerprint density at radius 3 is 2.44 bits per heavy atom. The second-order valence-electron chi connectivity index (χ2n) is 10.3. The SMILES string of the molecule is CC(C)[C@@H](NC(=O)C1CCCC(=O)C1)C(=O)N1CC[C@](O)(c2ccc(Cl)cc2)C(C)(C)C1. The van der Waals surface area contributed by atoms with E-state index in [-0.39, 0.29) is 35.9 Å². The lowest BCUT2D eigenvalue weighted by Gasteiger charge is -2.51. The normalized spacial score (nSPS) is 26.7. The van der Waals surface area contributed by atoms with Gasteiger partial charge in [-0.1, -0.05) is 51.4 Å². The summed E-state index contributed by atoms with van der Waals surface area (Å²) < 4.78 is 0. The molecule has 0 radical (unpaired) electrons. The molecule has 32 heavy (non-hydrogen) atoms. The highest BCUT2D eigenvalue weighted by Gasteiger charge is 2.50. The number of carbonyl (C=O) groups is 3. The molecule has 6 nitrogen and oxygen atoms in total. The Morgan fingerprint density at radius 2 is 1.88 bits per heavy atom. The molecule has 176 valence electrons. The number of rotatable bonds is 5. The van der Waals surface area contributed by atoms with Crippen molar-refractivity contribution in [1.29, 1.82) is 0 Å². The molecule has 1 saturated heterocycles. The number of benzene rings is 1. The van der Waals surface area contributed by atoms with E-state index in [4.69, 9.17) is 11.6 Å². The van der Waals surface area contributed by atoms with Crippen molar-refractivity contribution < 1.29 is 19.5 Å². The third-order valence-electron chi connectivity index (χ3n) is 7.17. The van der Waals surface area contributed by atoms with Crippen molar-refractivity contribution in [3.63, 3.8) is 0 Å². The van der Waals surface area contributed by atoms with Crippen LogP contribution in [0.15, 0.2) is 24.3 Å². The highest BCUT2D eigenvalue weighted by Crippen LogP contribution is 2.46. The highest BCUT2D eigenvalue weighted by molar-refractivity contribution is 6.30. The molecular weight excluding hydrogens is 428 g/mol. The fourth-order valence-corrected chi connectivity index (χ4v) is 5.13. The predicted molar refractivity (Wildman–Crippen MR) is 124 cm³/mol. The average Bonchev–Trinajstić information content (AvgIpc) is 2.73. The van der Waals surface area contributed by atoms with Crippen molar-refractivity contribution in [2.24, 2.45) is 17.3 Å². The maximum atomic E-state index is 13.4. The first-order valence-corrected chi connectivity index (χ1v) is 11.9. The fourth-order valence-electron chi connectivity index (χ4n) is 5.00. The number of likely N-dealkylation sites (tertiary alicyclic amines) is 1. The molecule has 3 atom stereocenters. The number of nitrogens with one attached hydrogen (secondary N) is 1. The van der Waals surface area contributed by atoms with Crippen molar-refractivity contribution in [3.8, 4) is 0 Å². The molecule has 1 aliphatic heterocycles. The Labute approximate surface area is 195 Å². The van der Waals surface area contributed by atoms with Crippen LogP contribution in [-0.4, -0.2) is 46.7 Å². The Morgan fingerprint density at radius 1 is 1.22 bits per heavy atom. The Kier molecular flexibility index (Phi) is 7.35. The Hall–Kier alpha value is -1.92. The number of Topliss-reactive ketones (excluding diaryl/α,β-unsaturated/α-hetero) is 1. The number of halogens is 1. The summed E-state index contributed by atoms with van der Waals surface area (Å²) in [4.78, 5) is 39.8. The number of hydrogen-bond donors (Lipinski definition) is 2. The maximum absolute atomic E-state index is 13.4. The van der Waals surface area contributed by atoms with Gasteiger partial charge in [-0.2, -0.15) is 0 Å². The summed E-state index contributed by atoms with van der Waals surface area (Å²) in [5, 5.41) is 15.1. The second-order valence-corrected chi connectivity index (χ2v) is 10.8.